The van der Waals surface area contributed by atoms with Gasteiger partial charge in [-0.25, -0.2) is 0 Å². The highest BCUT2D eigenvalue weighted by Crippen LogP contribution is 2.33. The van der Waals surface area contributed by atoms with Crippen molar-refractivity contribution >= 4 is 17.2 Å². The average molecular weight is 248 g/mol. The molecule has 0 bridgehead atoms. The Hall–Kier alpha value is -1.69. The van der Waals surface area contributed by atoms with Gasteiger partial charge in [0.2, 0.25) is 0 Å². The molecule has 0 aliphatic heterocycles. The molecule has 1 aliphatic carbocycles. The van der Waals surface area contributed by atoms with E-state index in [1.807, 2.05) is 0 Å². The molecule has 1 amide bonds. The molecule has 0 saturated carbocycles. The molecule has 1 unspecified atom stereocenters. The summed E-state index contributed by atoms with van der Waals surface area (Å²) in [6, 6.07) is 2.22. The lowest BCUT2D eigenvalue weighted by molar-refractivity contribution is 0.0928. The SMILES string of the molecule is O=C(NC1CCCc2sccc21)c1cn[nH]n1. The van der Waals surface area contributed by atoms with Gasteiger partial charge in [-0.15, -0.1) is 11.3 Å². The van der Waals surface area contributed by atoms with E-state index in [1.165, 1.54) is 16.6 Å². The quantitative estimate of drug-likeness (QED) is 0.849. The number of carbonyl (C=O) groups is 1. The lowest BCUT2D eigenvalue weighted by Crippen LogP contribution is -2.30. The molecule has 1 aliphatic rings. The topological polar surface area (TPSA) is 70.7 Å². The molecule has 17 heavy (non-hydrogen) atoms. The minimum absolute atomic E-state index is 0.120. The van der Waals surface area contributed by atoms with Crippen LogP contribution in [0, 0.1) is 0 Å². The van der Waals surface area contributed by atoms with Crippen LogP contribution < -0.4 is 5.32 Å². The third-order valence-electron chi connectivity index (χ3n) is 3.00. The Kier molecular flexibility index (Phi) is 2.64. The van der Waals surface area contributed by atoms with Crippen LogP contribution in [0.4, 0.5) is 0 Å². The maximum absolute atomic E-state index is 11.9. The van der Waals surface area contributed by atoms with Crippen molar-refractivity contribution in [2.75, 3.05) is 0 Å². The van der Waals surface area contributed by atoms with Crippen LogP contribution in [0.15, 0.2) is 17.6 Å². The molecule has 0 fully saturated rings. The van der Waals surface area contributed by atoms with E-state index in [0.29, 0.717) is 5.69 Å². The summed E-state index contributed by atoms with van der Waals surface area (Å²) in [6.45, 7) is 0. The number of aromatic amines is 1. The van der Waals surface area contributed by atoms with Crippen molar-refractivity contribution in [1.82, 2.24) is 20.7 Å². The summed E-state index contributed by atoms with van der Waals surface area (Å²) in [5.41, 5.74) is 1.60. The molecule has 2 aromatic heterocycles. The van der Waals surface area contributed by atoms with Gasteiger partial charge in [0.1, 0.15) is 0 Å². The predicted octanol–water partition coefficient (Wildman–Crippen LogP) is 1.67. The first kappa shape index (κ1) is 10.5. The number of nitrogens with one attached hydrogen (secondary N) is 2. The van der Waals surface area contributed by atoms with Gasteiger partial charge in [0.25, 0.3) is 5.91 Å². The number of aryl methyl sites for hydroxylation is 1. The zero-order valence-electron chi connectivity index (χ0n) is 9.14. The zero-order valence-corrected chi connectivity index (χ0v) is 9.96. The van der Waals surface area contributed by atoms with Crippen LogP contribution in [-0.4, -0.2) is 21.3 Å². The van der Waals surface area contributed by atoms with E-state index in [0.717, 1.165) is 19.3 Å². The molecule has 3 rings (SSSR count). The second-order valence-electron chi connectivity index (χ2n) is 4.07. The van der Waals surface area contributed by atoms with Crippen molar-refractivity contribution in [3.8, 4) is 0 Å². The Balaban J connectivity index is 1.77. The fraction of sp³-hybridized carbons (Fsp3) is 0.364. The molecule has 2 aromatic rings. The number of amides is 1. The molecule has 5 nitrogen and oxygen atoms in total. The average Bonchev–Trinajstić information content (AvgIpc) is 3.00. The Bertz CT molecular complexity index is 519. The normalized spacial score (nSPS) is 18.7. The van der Waals surface area contributed by atoms with E-state index in [-0.39, 0.29) is 11.9 Å². The summed E-state index contributed by atoms with van der Waals surface area (Å²) in [4.78, 5) is 13.3. The molecular weight excluding hydrogens is 236 g/mol. The Morgan fingerprint density at radius 3 is 3.35 bits per heavy atom. The van der Waals surface area contributed by atoms with Crippen LogP contribution in [0.5, 0.6) is 0 Å². The molecule has 2 N–H and O–H groups in total. The maximum atomic E-state index is 11.9. The summed E-state index contributed by atoms with van der Waals surface area (Å²) in [6.07, 6.45) is 4.68. The van der Waals surface area contributed by atoms with Crippen LogP contribution in [0.25, 0.3) is 0 Å². The molecule has 2 heterocycles. The molecule has 0 aromatic carbocycles. The second-order valence-corrected chi connectivity index (χ2v) is 5.07. The number of aromatic nitrogens is 3. The van der Waals surface area contributed by atoms with E-state index in [2.05, 4.69) is 32.2 Å². The largest absolute Gasteiger partial charge is 0.344 e. The third-order valence-corrected chi connectivity index (χ3v) is 4.00. The van der Waals surface area contributed by atoms with Crippen molar-refractivity contribution < 1.29 is 4.79 Å². The number of nitrogens with zero attached hydrogens (tertiary/aromatic N) is 2. The van der Waals surface area contributed by atoms with Gasteiger partial charge >= 0.3 is 0 Å². The van der Waals surface area contributed by atoms with Gasteiger partial charge < -0.3 is 5.32 Å². The van der Waals surface area contributed by atoms with Crippen molar-refractivity contribution in [1.29, 1.82) is 0 Å². The molecule has 1 atom stereocenters. The molecule has 0 radical (unpaired) electrons. The number of carbonyl (C=O) groups excluding carboxylic acids is 1. The van der Waals surface area contributed by atoms with Gasteiger partial charge in [0, 0.05) is 4.88 Å². The third kappa shape index (κ3) is 1.95. The summed E-state index contributed by atoms with van der Waals surface area (Å²) in [7, 11) is 0. The maximum Gasteiger partial charge on any atom is 0.273 e. The van der Waals surface area contributed by atoms with Crippen LogP contribution in [-0.2, 0) is 6.42 Å². The molecular formula is C11H12N4OS. The summed E-state index contributed by atoms with van der Waals surface area (Å²) < 4.78 is 0. The summed E-state index contributed by atoms with van der Waals surface area (Å²) in [5, 5.41) is 15.0. The molecule has 0 saturated heterocycles. The highest BCUT2D eigenvalue weighted by atomic mass is 32.1. The standard InChI is InChI=1S/C11H12N4OS/c16-11(9-6-12-15-14-9)13-8-2-1-3-10-7(8)4-5-17-10/h4-6,8H,1-3H2,(H,13,16)(H,12,14,15). The fourth-order valence-electron chi connectivity index (χ4n) is 2.18. The van der Waals surface area contributed by atoms with Crippen molar-refractivity contribution in [3.05, 3.63) is 33.8 Å². The summed E-state index contributed by atoms with van der Waals surface area (Å²) in [5.74, 6) is -0.164. The first-order chi connectivity index (χ1) is 8.34. The smallest absolute Gasteiger partial charge is 0.273 e. The second kappa shape index (κ2) is 4.29. The number of hydrogen-bond donors (Lipinski definition) is 2. The minimum atomic E-state index is -0.164. The van der Waals surface area contributed by atoms with Gasteiger partial charge in [-0.2, -0.15) is 15.4 Å². The van der Waals surface area contributed by atoms with Crippen LogP contribution in [0.1, 0.15) is 39.8 Å². The molecule has 88 valence electrons. The van der Waals surface area contributed by atoms with Crippen LogP contribution >= 0.6 is 11.3 Å². The van der Waals surface area contributed by atoms with Crippen molar-refractivity contribution in [2.45, 2.75) is 25.3 Å². The number of fused-ring (bicyclic) bond motifs is 1. The lowest BCUT2D eigenvalue weighted by Gasteiger charge is -2.23. The Morgan fingerprint density at radius 1 is 1.59 bits per heavy atom. The van der Waals surface area contributed by atoms with Gasteiger partial charge in [0.05, 0.1) is 12.2 Å². The predicted molar refractivity (Wildman–Crippen MR) is 63.8 cm³/mol. The van der Waals surface area contributed by atoms with Crippen LogP contribution in [0.3, 0.4) is 0 Å². The van der Waals surface area contributed by atoms with E-state index in [9.17, 15) is 4.79 Å². The van der Waals surface area contributed by atoms with Crippen molar-refractivity contribution in [3.63, 3.8) is 0 Å². The van der Waals surface area contributed by atoms with Gasteiger partial charge in [-0.3, -0.25) is 4.79 Å². The lowest BCUT2D eigenvalue weighted by atomic mass is 9.94. The number of hydrogen-bond acceptors (Lipinski definition) is 4. The minimum Gasteiger partial charge on any atom is -0.344 e. The molecule has 0 spiro atoms. The Labute approximate surface area is 102 Å². The highest BCUT2D eigenvalue weighted by Gasteiger charge is 2.23. The number of rotatable bonds is 2. The number of thiophene rings is 1. The first-order valence-electron chi connectivity index (χ1n) is 5.57. The van der Waals surface area contributed by atoms with Gasteiger partial charge in [0.15, 0.2) is 5.69 Å². The Morgan fingerprint density at radius 2 is 2.53 bits per heavy atom. The summed E-state index contributed by atoms with van der Waals surface area (Å²) >= 11 is 1.77. The number of H-pyrrole nitrogens is 1. The van der Waals surface area contributed by atoms with Crippen molar-refractivity contribution in [2.24, 2.45) is 0 Å². The van der Waals surface area contributed by atoms with Gasteiger partial charge in [-0.1, -0.05) is 0 Å². The van der Waals surface area contributed by atoms with E-state index in [4.69, 9.17) is 0 Å². The van der Waals surface area contributed by atoms with Crippen LogP contribution in [0.2, 0.25) is 0 Å². The fourth-order valence-corrected chi connectivity index (χ4v) is 3.17. The zero-order chi connectivity index (χ0) is 11.7. The van der Waals surface area contributed by atoms with E-state index >= 15 is 0 Å². The first-order valence-corrected chi connectivity index (χ1v) is 6.45. The van der Waals surface area contributed by atoms with Gasteiger partial charge in [-0.05, 0) is 36.3 Å². The molecule has 6 heteroatoms. The van der Waals surface area contributed by atoms with E-state index < -0.39 is 0 Å². The van der Waals surface area contributed by atoms with E-state index in [1.54, 1.807) is 11.3 Å². The highest BCUT2D eigenvalue weighted by molar-refractivity contribution is 7.10. The monoisotopic (exact) mass is 248 g/mol.